The van der Waals surface area contributed by atoms with Gasteiger partial charge in [0, 0.05) is 22.6 Å². The second-order valence-corrected chi connectivity index (χ2v) is 2.56. The van der Waals surface area contributed by atoms with Crippen molar-refractivity contribution in [2.45, 2.75) is 3.98 Å². The summed E-state index contributed by atoms with van der Waals surface area (Å²) in [5, 5.41) is 8.74. The zero-order valence-electron chi connectivity index (χ0n) is 3.56. The molecule has 1 heterocycles. The third kappa shape index (κ3) is 1.52. The Balaban J connectivity index is 2.40. The zero-order valence-corrected chi connectivity index (χ0v) is 5.71. The molecule has 7 heavy (non-hydrogen) atoms. The van der Waals surface area contributed by atoms with Crippen LogP contribution in [0.3, 0.4) is 0 Å². The van der Waals surface area contributed by atoms with Gasteiger partial charge in [0.2, 0.25) is 0 Å². The molecule has 1 aliphatic rings. The van der Waals surface area contributed by atoms with E-state index in [0.29, 0.717) is 13.2 Å². The van der Waals surface area contributed by atoms with Crippen molar-refractivity contribution in [2.24, 2.45) is 0 Å². The lowest BCUT2D eigenvalue weighted by Gasteiger charge is -2.08. The van der Waals surface area contributed by atoms with Gasteiger partial charge in [0.25, 0.3) is 0 Å². The minimum absolute atomic E-state index is 0.486. The molecule has 1 N–H and O–H groups in total. The predicted molar refractivity (Wildman–Crippen MR) is 30.9 cm³/mol. The fourth-order valence-corrected chi connectivity index (χ4v) is 0.817. The quantitative estimate of drug-likeness (QED) is 0.460. The molecule has 3 nitrogen and oxygen atoms in total. The number of alkyl halides is 1. The van der Waals surface area contributed by atoms with Crippen LogP contribution in [0.4, 0.5) is 0 Å². The van der Waals surface area contributed by atoms with E-state index in [4.69, 9.17) is 5.11 Å². The van der Waals surface area contributed by atoms with Crippen LogP contribution in [-0.4, -0.2) is 22.3 Å². The molecule has 0 unspecified atom stereocenters. The number of hydrogen-bond donors (Lipinski definition) is 1. The summed E-state index contributed by atoms with van der Waals surface area (Å²) >= 11 is 1.68. The summed E-state index contributed by atoms with van der Waals surface area (Å²) in [4.78, 5) is 0. The molecular weight excluding hydrogens is 211 g/mol. The number of ether oxygens (including phenoxy) is 2. The first-order valence-electron chi connectivity index (χ1n) is 1.90. The molecule has 0 spiro atoms. The molecule has 0 bridgehead atoms. The maximum Gasteiger partial charge on any atom is 0.335 e. The van der Waals surface area contributed by atoms with Crippen LogP contribution in [0, 0.1) is 0 Å². The Bertz CT molecular complexity index is 64.6. The maximum atomic E-state index is 8.74. The molecule has 1 saturated heterocycles. The smallest absolute Gasteiger partial charge is 0.335 e. The van der Waals surface area contributed by atoms with E-state index >= 15 is 0 Å². The third-order valence-electron chi connectivity index (χ3n) is 0.644. The molecule has 0 aliphatic carbocycles. The molecule has 0 atom stereocenters. The molecule has 0 aromatic heterocycles. The van der Waals surface area contributed by atoms with Gasteiger partial charge in [-0.2, -0.15) is 0 Å². The Labute approximate surface area is 54.7 Å². The van der Waals surface area contributed by atoms with Crippen molar-refractivity contribution in [1.29, 1.82) is 0 Å². The average Bonchev–Trinajstić information content (AvgIpc) is 1.84. The van der Waals surface area contributed by atoms with Crippen LogP contribution < -0.4 is 0 Å². The van der Waals surface area contributed by atoms with Crippen molar-refractivity contribution in [3.63, 3.8) is 0 Å². The lowest BCUT2D eigenvalue weighted by molar-refractivity contribution is -0.213. The number of halogens is 1. The van der Waals surface area contributed by atoms with Crippen molar-refractivity contribution >= 4 is 22.6 Å². The molecule has 1 aliphatic heterocycles. The van der Waals surface area contributed by atoms with E-state index in [-0.39, 0.29) is 0 Å². The van der Waals surface area contributed by atoms with Gasteiger partial charge in [-0.1, -0.05) is 0 Å². The van der Waals surface area contributed by atoms with E-state index in [1.165, 1.54) is 0 Å². The Morgan fingerprint density at radius 1 is 1.43 bits per heavy atom. The van der Waals surface area contributed by atoms with Crippen molar-refractivity contribution < 1.29 is 14.6 Å². The molecule has 1 rings (SSSR count). The molecule has 4 heteroatoms. The molecule has 0 saturated carbocycles. The van der Waals surface area contributed by atoms with Crippen molar-refractivity contribution in [1.82, 2.24) is 0 Å². The van der Waals surface area contributed by atoms with Crippen molar-refractivity contribution in [3.05, 3.63) is 0 Å². The number of hydrogen-bond acceptors (Lipinski definition) is 3. The summed E-state index contributed by atoms with van der Waals surface area (Å²) in [5.74, 6) is 0. The van der Waals surface area contributed by atoms with Crippen molar-refractivity contribution in [2.75, 3.05) is 13.2 Å². The van der Waals surface area contributed by atoms with E-state index < -0.39 is 3.98 Å². The Hall–Kier alpha value is 0.610. The summed E-state index contributed by atoms with van der Waals surface area (Å²) in [5.41, 5.74) is 0. The Morgan fingerprint density at radius 2 is 1.86 bits per heavy atom. The van der Waals surface area contributed by atoms with Gasteiger partial charge in [-0.25, -0.2) is 0 Å². The van der Waals surface area contributed by atoms with Gasteiger partial charge in [0.15, 0.2) is 0 Å². The molecule has 0 aromatic rings. The summed E-state index contributed by atoms with van der Waals surface area (Å²) < 4.78 is 7.98. The van der Waals surface area contributed by atoms with Gasteiger partial charge >= 0.3 is 3.98 Å². The van der Waals surface area contributed by atoms with E-state index in [0.717, 1.165) is 0 Å². The van der Waals surface area contributed by atoms with Gasteiger partial charge in [-0.15, -0.1) is 0 Å². The summed E-state index contributed by atoms with van der Waals surface area (Å²) in [6.45, 7) is 0.971. The van der Waals surface area contributed by atoms with Crippen LogP contribution in [0.2, 0.25) is 0 Å². The van der Waals surface area contributed by atoms with Crippen LogP contribution in [0.1, 0.15) is 0 Å². The highest BCUT2D eigenvalue weighted by Crippen LogP contribution is 2.22. The third-order valence-corrected chi connectivity index (χ3v) is 1.27. The molecular formula is C3H5IO3. The summed E-state index contributed by atoms with van der Waals surface area (Å²) in [7, 11) is 0. The minimum atomic E-state index is -1.34. The van der Waals surface area contributed by atoms with Gasteiger partial charge in [-0.3, -0.25) is 0 Å². The van der Waals surface area contributed by atoms with E-state index in [9.17, 15) is 0 Å². The number of rotatable bonds is 0. The number of aliphatic hydroxyl groups is 1. The topological polar surface area (TPSA) is 38.7 Å². The zero-order chi connectivity index (χ0) is 5.33. The standard InChI is InChI=1S/C3H5IO3/c4-3(5)6-1-2-7-3/h5H,1-2H2. The molecule has 0 aromatic carbocycles. The molecule has 0 amide bonds. The highest BCUT2D eigenvalue weighted by Gasteiger charge is 2.29. The van der Waals surface area contributed by atoms with Crippen LogP contribution in [0.15, 0.2) is 0 Å². The first-order chi connectivity index (χ1) is 3.21. The molecule has 0 radical (unpaired) electrons. The summed E-state index contributed by atoms with van der Waals surface area (Å²) in [6.07, 6.45) is 0. The van der Waals surface area contributed by atoms with Crippen LogP contribution in [0.5, 0.6) is 0 Å². The monoisotopic (exact) mass is 216 g/mol. The fraction of sp³-hybridized carbons (Fsp3) is 1.00. The molecule has 1 fully saturated rings. The van der Waals surface area contributed by atoms with Gasteiger partial charge < -0.3 is 14.6 Å². The average molecular weight is 216 g/mol. The van der Waals surface area contributed by atoms with Crippen LogP contribution in [0.25, 0.3) is 0 Å². The summed E-state index contributed by atoms with van der Waals surface area (Å²) in [6, 6.07) is 0. The van der Waals surface area contributed by atoms with Gasteiger partial charge in [0.05, 0.1) is 13.2 Å². The first-order valence-corrected chi connectivity index (χ1v) is 2.98. The van der Waals surface area contributed by atoms with Gasteiger partial charge in [-0.05, 0) is 0 Å². The minimum Gasteiger partial charge on any atom is -0.335 e. The van der Waals surface area contributed by atoms with Crippen molar-refractivity contribution in [3.8, 4) is 0 Å². The first kappa shape index (κ1) is 5.74. The van der Waals surface area contributed by atoms with E-state index in [2.05, 4.69) is 9.47 Å². The Morgan fingerprint density at radius 3 is 2.00 bits per heavy atom. The lowest BCUT2D eigenvalue weighted by Crippen LogP contribution is -2.18. The van der Waals surface area contributed by atoms with Gasteiger partial charge in [0.1, 0.15) is 0 Å². The SMILES string of the molecule is OC1(I)OCCO1. The Kier molecular flexibility index (Phi) is 1.52. The molecule has 42 valence electrons. The normalized spacial score (nSPS) is 28.3. The highest BCUT2D eigenvalue weighted by atomic mass is 127. The second-order valence-electron chi connectivity index (χ2n) is 1.20. The predicted octanol–water partition coefficient (Wildman–Crippen LogP) is 0.0718. The largest absolute Gasteiger partial charge is 0.335 e. The van der Waals surface area contributed by atoms with Crippen LogP contribution >= 0.6 is 22.6 Å². The fourth-order valence-electron chi connectivity index (χ4n) is 0.377. The van der Waals surface area contributed by atoms with Crippen LogP contribution in [-0.2, 0) is 9.47 Å². The van der Waals surface area contributed by atoms with E-state index in [1.807, 2.05) is 0 Å². The van der Waals surface area contributed by atoms with E-state index in [1.54, 1.807) is 22.6 Å². The lowest BCUT2D eigenvalue weighted by atomic mass is 10.8. The highest BCUT2D eigenvalue weighted by molar-refractivity contribution is 14.1. The maximum absolute atomic E-state index is 8.74. The second kappa shape index (κ2) is 1.85.